The molecule has 5 heteroatoms. The highest BCUT2D eigenvalue weighted by Crippen LogP contribution is 2.29. The first-order valence-corrected chi connectivity index (χ1v) is 11.4. The van der Waals surface area contributed by atoms with Crippen LogP contribution in [0.15, 0.2) is 78.0 Å². The molecule has 0 amide bonds. The van der Waals surface area contributed by atoms with Gasteiger partial charge in [0.05, 0.1) is 5.56 Å². The van der Waals surface area contributed by atoms with Gasteiger partial charge >= 0.3 is 5.97 Å². The molecular weight excluding hydrogens is 412 g/mol. The number of hydrogen-bond acceptors (Lipinski definition) is 4. The lowest BCUT2D eigenvalue weighted by Crippen LogP contribution is -2.16. The van der Waals surface area contributed by atoms with Crippen molar-refractivity contribution in [2.75, 3.05) is 0 Å². The highest BCUT2D eigenvalue weighted by atomic mass is 16.7. The van der Waals surface area contributed by atoms with Gasteiger partial charge in [0.15, 0.2) is 0 Å². The SMILES string of the molecule is CCCCCC/C(=N\OC(=O)c1ccccc1)C(=O)c1ccc2c3ccccc3n(C)c2c1. The van der Waals surface area contributed by atoms with Gasteiger partial charge in [0.1, 0.15) is 5.71 Å². The molecule has 0 spiro atoms. The van der Waals surface area contributed by atoms with Crippen molar-refractivity contribution in [3.8, 4) is 0 Å². The number of unbranched alkanes of at least 4 members (excludes halogenated alkanes) is 3. The highest BCUT2D eigenvalue weighted by molar-refractivity contribution is 6.46. The second kappa shape index (κ2) is 10.3. The smallest absolute Gasteiger partial charge is 0.344 e. The number of nitrogens with zero attached hydrogens (tertiary/aromatic N) is 2. The number of aromatic nitrogens is 1. The molecular formula is C28H28N2O3. The first-order chi connectivity index (χ1) is 16.1. The molecule has 0 unspecified atom stereocenters. The van der Waals surface area contributed by atoms with Crippen LogP contribution in [0.1, 0.15) is 59.7 Å². The summed E-state index contributed by atoms with van der Waals surface area (Å²) in [5, 5.41) is 6.28. The molecule has 0 saturated heterocycles. The number of para-hydroxylation sites is 1. The van der Waals surface area contributed by atoms with Crippen LogP contribution < -0.4 is 0 Å². The van der Waals surface area contributed by atoms with Gasteiger partial charge in [-0.15, -0.1) is 0 Å². The molecule has 0 aliphatic rings. The van der Waals surface area contributed by atoms with Crippen LogP contribution in [0.25, 0.3) is 21.8 Å². The number of fused-ring (bicyclic) bond motifs is 3. The molecule has 0 atom stereocenters. The lowest BCUT2D eigenvalue weighted by Gasteiger charge is -2.07. The van der Waals surface area contributed by atoms with Crippen molar-refractivity contribution in [1.82, 2.24) is 4.57 Å². The topological polar surface area (TPSA) is 60.7 Å². The molecule has 0 bridgehead atoms. The summed E-state index contributed by atoms with van der Waals surface area (Å²) in [5.41, 5.74) is 3.30. The standard InChI is InChI=1S/C28H28N2O3/c1-3-4-5-9-15-24(29-33-28(32)20-12-7-6-8-13-20)27(31)21-17-18-23-22-14-10-11-16-25(22)30(2)26(23)19-21/h6-8,10-14,16-19H,3-5,9,15H2,1-2H3/b29-24+. The third-order valence-corrected chi connectivity index (χ3v) is 5.95. The molecule has 33 heavy (non-hydrogen) atoms. The van der Waals surface area contributed by atoms with E-state index in [4.69, 9.17) is 4.84 Å². The van der Waals surface area contributed by atoms with Gasteiger partial charge in [-0.3, -0.25) is 4.79 Å². The van der Waals surface area contributed by atoms with Crippen molar-refractivity contribution in [1.29, 1.82) is 0 Å². The first-order valence-electron chi connectivity index (χ1n) is 11.4. The van der Waals surface area contributed by atoms with Gasteiger partial charge in [-0.25, -0.2) is 4.79 Å². The molecule has 3 aromatic carbocycles. The average Bonchev–Trinajstić information content (AvgIpc) is 3.15. The second-order valence-electron chi connectivity index (χ2n) is 8.23. The van der Waals surface area contributed by atoms with E-state index in [0.29, 0.717) is 17.5 Å². The van der Waals surface area contributed by atoms with Crippen molar-refractivity contribution < 1.29 is 14.4 Å². The number of benzene rings is 3. The molecule has 0 N–H and O–H groups in total. The summed E-state index contributed by atoms with van der Waals surface area (Å²) >= 11 is 0. The fourth-order valence-corrected chi connectivity index (χ4v) is 4.11. The molecule has 1 heterocycles. The van der Waals surface area contributed by atoms with Crippen LogP contribution in [0, 0.1) is 0 Å². The van der Waals surface area contributed by atoms with Gasteiger partial charge in [0.25, 0.3) is 0 Å². The molecule has 4 aromatic rings. The summed E-state index contributed by atoms with van der Waals surface area (Å²) < 4.78 is 2.09. The van der Waals surface area contributed by atoms with Crippen molar-refractivity contribution in [2.24, 2.45) is 12.2 Å². The Morgan fingerprint density at radius 2 is 1.55 bits per heavy atom. The summed E-state index contributed by atoms with van der Waals surface area (Å²) in [6.45, 7) is 2.14. The quantitative estimate of drug-likeness (QED) is 0.0957. The lowest BCUT2D eigenvalue weighted by molar-refractivity contribution is 0.0514. The fourth-order valence-electron chi connectivity index (χ4n) is 4.11. The number of carbonyl (C=O) groups is 2. The van der Waals surface area contributed by atoms with E-state index in [-0.39, 0.29) is 11.5 Å². The Balaban J connectivity index is 1.63. The zero-order valence-electron chi connectivity index (χ0n) is 19.1. The minimum absolute atomic E-state index is 0.209. The van der Waals surface area contributed by atoms with Crippen molar-refractivity contribution >= 4 is 39.3 Å². The van der Waals surface area contributed by atoms with E-state index in [1.165, 1.54) is 0 Å². The van der Waals surface area contributed by atoms with E-state index in [1.807, 2.05) is 43.4 Å². The number of carbonyl (C=O) groups excluding carboxylic acids is 2. The van der Waals surface area contributed by atoms with Crippen LogP contribution in [0.4, 0.5) is 0 Å². The number of rotatable bonds is 9. The van der Waals surface area contributed by atoms with Gasteiger partial charge < -0.3 is 9.40 Å². The van der Waals surface area contributed by atoms with Crippen LogP contribution in [0.5, 0.6) is 0 Å². The summed E-state index contributed by atoms with van der Waals surface area (Å²) in [6, 6.07) is 22.6. The number of aryl methyl sites for hydroxylation is 1. The summed E-state index contributed by atoms with van der Waals surface area (Å²) in [6.07, 6.45) is 4.47. The van der Waals surface area contributed by atoms with Gasteiger partial charge in [0.2, 0.25) is 5.78 Å². The van der Waals surface area contributed by atoms with Gasteiger partial charge in [0, 0.05) is 34.4 Å². The maximum atomic E-state index is 13.4. The van der Waals surface area contributed by atoms with Crippen LogP contribution in [-0.2, 0) is 11.9 Å². The van der Waals surface area contributed by atoms with E-state index >= 15 is 0 Å². The van der Waals surface area contributed by atoms with E-state index in [1.54, 1.807) is 24.3 Å². The number of hydrogen-bond donors (Lipinski definition) is 0. The summed E-state index contributed by atoms with van der Waals surface area (Å²) in [4.78, 5) is 30.9. The molecule has 0 saturated carbocycles. The summed E-state index contributed by atoms with van der Waals surface area (Å²) in [7, 11) is 2.00. The largest absolute Gasteiger partial charge is 0.365 e. The van der Waals surface area contributed by atoms with Gasteiger partial charge in [-0.05, 0) is 37.1 Å². The third-order valence-electron chi connectivity index (χ3n) is 5.95. The van der Waals surface area contributed by atoms with E-state index in [9.17, 15) is 9.59 Å². The molecule has 0 aliphatic carbocycles. The Labute approximate surface area is 193 Å². The molecule has 4 rings (SSSR count). The third kappa shape index (κ3) is 4.87. The van der Waals surface area contributed by atoms with E-state index < -0.39 is 5.97 Å². The Morgan fingerprint density at radius 3 is 2.33 bits per heavy atom. The Morgan fingerprint density at radius 1 is 0.818 bits per heavy atom. The fraction of sp³-hybridized carbons (Fsp3) is 0.250. The Hall–Kier alpha value is -3.73. The van der Waals surface area contributed by atoms with Crippen LogP contribution >= 0.6 is 0 Å². The number of oxime groups is 1. The van der Waals surface area contributed by atoms with Crippen LogP contribution in [0.3, 0.4) is 0 Å². The molecule has 168 valence electrons. The molecule has 0 fully saturated rings. The predicted octanol–water partition coefficient (Wildman–Crippen LogP) is 6.70. The average molecular weight is 441 g/mol. The maximum absolute atomic E-state index is 13.4. The van der Waals surface area contributed by atoms with E-state index in [2.05, 4.69) is 28.8 Å². The predicted molar refractivity (Wildman–Crippen MR) is 133 cm³/mol. The maximum Gasteiger partial charge on any atom is 0.365 e. The Kier molecular flexibility index (Phi) is 6.98. The first kappa shape index (κ1) is 22.5. The highest BCUT2D eigenvalue weighted by Gasteiger charge is 2.18. The summed E-state index contributed by atoms with van der Waals surface area (Å²) in [5.74, 6) is -0.780. The normalized spacial score (nSPS) is 11.8. The van der Waals surface area contributed by atoms with Crippen molar-refractivity contribution in [3.63, 3.8) is 0 Å². The monoisotopic (exact) mass is 440 g/mol. The van der Waals surface area contributed by atoms with Crippen LogP contribution in [-0.4, -0.2) is 22.0 Å². The zero-order chi connectivity index (χ0) is 23.2. The molecule has 1 aromatic heterocycles. The minimum atomic E-state index is -0.571. The molecule has 5 nitrogen and oxygen atoms in total. The zero-order valence-corrected chi connectivity index (χ0v) is 19.1. The Bertz CT molecular complexity index is 1320. The lowest BCUT2D eigenvalue weighted by atomic mass is 10.0. The van der Waals surface area contributed by atoms with Crippen LogP contribution in [0.2, 0.25) is 0 Å². The van der Waals surface area contributed by atoms with Gasteiger partial charge in [-0.2, -0.15) is 0 Å². The van der Waals surface area contributed by atoms with Crippen molar-refractivity contribution in [3.05, 3.63) is 83.9 Å². The number of Topliss-reactive ketones (excluding diaryl/α,β-unsaturated/α-hetero) is 1. The molecule has 0 radical (unpaired) electrons. The molecule has 0 aliphatic heterocycles. The second-order valence-corrected chi connectivity index (χ2v) is 8.23. The van der Waals surface area contributed by atoms with Gasteiger partial charge in [-0.1, -0.05) is 79.9 Å². The van der Waals surface area contributed by atoms with E-state index in [0.717, 1.165) is 47.5 Å². The minimum Gasteiger partial charge on any atom is -0.344 e. The number of ketones is 1. The van der Waals surface area contributed by atoms with Crippen molar-refractivity contribution in [2.45, 2.75) is 39.0 Å².